The van der Waals surface area contributed by atoms with Crippen molar-refractivity contribution in [2.75, 3.05) is 32.4 Å². The second kappa shape index (κ2) is 7.46. The van der Waals surface area contributed by atoms with Gasteiger partial charge in [0.15, 0.2) is 0 Å². The number of rotatable bonds is 7. The van der Waals surface area contributed by atoms with Gasteiger partial charge in [0, 0.05) is 13.1 Å². The van der Waals surface area contributed by atoms with Crippen LogP contribution >= 0.6 is 0 Å². The second-order valence-corrected chi connectivity index (χ2v) is 7.43. The van der Waals surface area contributed by atoms with Crippen LogP contribution in [0, 0.1) is 11.8 Å². The van der Waals surface area contributed by atoms with Gasteiger partial charge >= 0.3 is 0 Å². The fraction of sp³-hybridized carbons (Fsp3) is 1.00. The highest BCUT2D eigenvalue weighted by atomic mass is 32.2. The smallest absolute Gasteiger partial charge is 0.211 e. The van der Waals surface area contributed by atoms with Crippen LogP contribution in [0.1, 0.15) is 39.5 Å². The Kier molecular flexibility index (Phi) is 6.60. The minimum Gasteiger partial charge on any atom is -0.317 e. The summed E-state index contributed by atoms with van der Waals surface area (Å²) >= 11 is 0. The molecule has 2 unspecified atom stereocenters. The molecule has 5 heteroatoms. The fourth-order valence-corrected chi connectivity index (χ4v) is 3.68. The molecule has 108 valence electrons. The van der Waals surface area contributed by atoms with Gasteiger partial charge in [-0.25, -0.2) is 12.7 Å². The van der Waals surface area contributed by atoms with Crippen LogP contribution in [0.2, 0.25) is 0 Å². The molecule has 0 aromatic carbocycles. The molecule has 1 aliphatic rings. The van der Waals surface area contributed by atoms with Crippen molar-refractivity contribution in [2.24, 2.45) is 11.8 Å². The molecule has 0 aromatic rings. The number of sulfonamides is 1. The summed E-state index contributed by atoms with van der Waals surface area (Å²) in [4.78, 5) is 0. The van der Waals surface area contributed by atoms with Crippen molar-refractivity contribution in [1.82, 2.24) is 9.62 Å². The molecule has 0 spiro atoms. The topological polar surface area (TPSA) is 49.4 Å². The zero-order chi connectivity index (χ0) is 13.6. The minimum atomic E-state index is -3.00. The first-order valence-corrected chi connectivity index (χ1v) is 8.98. The first-order chi connectivity index (χ1) is 8.47. The number of hydrogen-bond acceptors (Lipinski definition) is 3. The van der Waals surface area contributed by atoms with E-state index in [-0.39, 0.29) is 0 Å². The van der Waals surface area contributed by atoms with E-state index >= 15 is 0 Å². The molecule has 0 radical (unpaired) electrons. The first kappa shape index (κ1) is 15.9. The minimum absolute atomic E-state index is 0.539. The molecular formula is C13H28N2O2S. The molecule has 18 heavy (non-hydrogen) atoms. The fourth-order valence-electron chi connectivity index (χ4n) is 2.73. The van der Waals surface area contributed by atoms with Gasteiger partial charge in [0.25, 0.3) is 0 Å². The van der Waals surface area contributed by atoms with E-state index in [1.54, 1.807) is 4.31 Å². The Labute approximate surface area is 112 Å². The predicted molar refractivity (Wildman–Crippen MR) is 76.1 cm³/mol. The van der Waals surface area contributed by atoms with E-state index in [1.165, 1.54) is 19.1 Å². The highest BCUT2D eigenvalue weighted by Crippen LogP contribution is 2.25. The van der Waals surface area contributed by atoms with Crippen LogP contribution in [0.25, 0.3) is 0 Å². The van der Waals surface area contributed by atoms with Gasteiger partial charge in [0.05, 0.1) is 6.26 Å². The average molecular weight is 276 g/mol. The number of nitrogens with zero attached hydrogens (tertiary/aromatic N) is 1. The van der Waals surface area contributed by atoms with E-state index in [9.17, 15) is 8.42 Å². The van der Waals surface area contributed by atoms with Gasteiger partial charge in [-0.15, -0.1) is 0 Å². The van der Waals surface area contributed by atoms with Gasteiger partial charge < -0.3 is 5.32 Å². The SMILES string of the molecule is CCNCC(CC)CC1CCCN(S(C)(=O)=O)C1. The van der Waals surface area contributed by atoms with E-state index in [2.05, 4.69) is 19.2 Å². The molecule has 1 fully saturated rings. The van der Waals surface area contributed by atoms with Crippen molar-refractivity contribution in [3.8, 4) is 0 Å². The summed E-state index contributed by atoms with van der Waals surface area (Å²) in [6.07, 6.45) is 5.83. The molecule has 4 nitrogen and oxygen atoms in total. The molecule has 1 heterocycles. The van der Waals surface area contributed by atoms with Gasteiger partial charge in [-0.2, -0.15) is 0 Å². The van der Waals surface area contributed by atoms with Crippen molar-refractivity contribution >= 4 is 10.0 Å². The van der Waals surface area contributed by atoms with Crippen molar-refractivity contribution < 1.29 is 8.42 Å². The van der Waals surface area contributed by atoms with Gasteiger partial charge in [-0.3, -0.25) is 0 Å². The normalized spacial score (nSPS) is 24.1. The highest BCUT2D eigenvalue weighted by Gasteiger charge is 2.27. The van der Waals surface area contributed by atoms with Crippen LogP contribution in [0.5, 0.6) is 0 Å². The standard InChI is InChI=1S/C13H28N2O2S/c1-4-12(10-14-5-2)9-13-7-6-8-15(11-13)18(3,16)17/h12-14H,4-11H2,1-3H3. The van der Waals surface area contributed by atoms with Crippen LogP contribution in [0.4, 0.5) is 0 Å². The Bertz CT molecular complexity index is 330. The Morgan fingerprint density at radius 2 is 2.11 bits per heavy atom. The Morgan fingerprint density at radius 3 is 2.67 bits per heavy atom. The Balaban J connectivity index is 2.46. The van der Waals surface area contributed by atoms with E-state index in [4.69, 9.17) is 0 Å². The van der Waals surface area contributed by atoms with E-state index in [1.807, 2.05) is 0 Å². The summed E-state index contributed by atoms with van der Waals surface area (Å²) in [7, 11) is -3.00. The summed E-state index contributed by atoms with van der Waals surface area (Å²) in [6, 6.07) is 0. The summed E-state index contributed by atoms with van der Waals surface area (Å²) in [5.74, 6) is 1.21. The van der Waals surface area contributed by atoms with Crippen molar-refractivity contribution in [1.29, 1.82) is 0 Å². The third-order valence-corrected chi connectivity index (χ3v) is 5.15. The molecule has 1 rings (SSSR count). The second-order valence-electron chi connectivity index (χ2n) is 5.45. The third kappa shape index (κ3) is 5.24. The van der Waals surface area contributed by atoms with Crippen LogP contribution in [-0.4, -0.2) is 45.2 Å². The molecule has 1 aliphatic heterocycles. The van der Waals surface area contributed by atoms with Crippen LogP contribution in [-0.2, 0) is 10.0 Å². The quantitative estimate of drug-likeness (QED) is 0.770. The van der Waals surface area contributed by atoms with Gasteiger partial charge in [-0.05, 0) is 44.2 Å². The van der Waals surface area contributed by atoms with E-state index in [0.717, 1.165) is 32.5 Å². The monoisotopic (exact) mass is 276 g/mol. The molecule has 0 aliphatic carbocycles. The molecule has 0 bridgehead atoms. The first-order valence-electron chi connectivity index (χ1n) is 7.13. The lowest BCUT2D eigenvalue weighted by molar-refractivity contribution is 0.226. The molecule has 1 N–H and O–H groups in total. The summed E-state index contributed by atoms with van der Waals surface area (Å²) in [6.45, 7) is 7.84. The van der Waals surface area contributed by atoms with Gasteiger partial charge in [-0.1, -0.05) is 20.3 Å². The summed E-state index contributed by atoms with van der Waals surface area (Å²) in [5, 5.41) is 3.40. The number of nitrogens with one attached hydrogen (secondary N) is 1. The molecule has 1 saturated heterocycles. The predicted octanol–water partition coefficient (Wildman–Crippen LogP) is 1.68. The Hall–Kier alpha value is -0.130. The largest absolute Gasteiger partial charge is 0.317 e. The van der Waals surface area contributed by atoms with Crippen LogP contribution < -0.4 is 5.32 Å². The molecule has 2 atom stereocenters. The molecule has 0 amide bonds. The van der Waals surface area contributed by atoms with Gasteiger partial charge in [0.2, 0.25) is 10.0 Å². The molecular weight excluding hydrogens is 248 g/mol. The lowest BCUT2D eigenvalue weighted by atomic mass is 9.87. The maximum absolute atomic E-state index is 11.6. The van der Waals surface area contributed by atoms with Crippen molar-refractivity contribution in [3.05, 3.63) is 0 Å². The number of piperidine rings is 1. The lowest BCUT2D eigenvalue weighted by Gasteiger charge is -2.32. The zero-order valence-corrected chi connectivity index (χ0v) is 12.8. The lowest BCUT2D eigenvalue weighted by Crippen LogP contribution is -2.40. The summed E-state index contributed by atoms with van der Waals surface area (Å²) in [5.41, 5.74) is 0. The van der Waals surface area contributed by atoms with E-state index in [0.29, 0.717) is 18.4 Å². The third-order valence-electron chi connectivity index (χ3n) is 3.88. The van der Waals surface area contributed by atoms with Crippen molar-refractivity contribution in [3.63, 3.8) is 0 Å². The molecule has 0 saturated carbocycles. The maximum atomic E-state index is 11.6. The maximum Gasteiger partial charge on any atom is 0.211 e. The Morgan fingerprint density at radius 1 is 1.39 bits per heavy atom. The highest BCUT2D eigenvalue weighted by molar-refractivity contribution is 7.88. The van der Waals surface area contributed by atoms with Crippen molar-refractivity contribution in [2.45, 2.75) is 39.5 Å². The zero-order valence-electron chi connectivity index (χ0n) is 12.0. The number of hydrogen-bond donors (Lipinski definition) is 1. The van der Waals surface area contributed by atoms with Crippen LogP contribution in [0.3, 0.4) is 0 Å². The van der Waals surface area contributed by atoms with E-state index < -0.39 is 10.0 Å². The average Bonchev–Trinajstić information content (AvgIpc) is 2.33. The van der Waals surface area contributed by atoms with Crippen LogP contribution in [0.15, 0.2) is 0 Å². The molecule has 0 aromatic heterocycles. The summed E-state index contributed by atoms with van der Waals surface area (Å²) < 4.78 is 24.8. The van der Waals surface area contributed by atoms with Gasteiger partial charge in [0.1, 0.15) is 0 Å².